The van der Waals surface area contributed by atoms with E-state index >= 15 is 0 Å². The van der Waals surface area contributed by atoms with Crippen LogP contribution >= 0.6 is 0 Å². The SMILES string of the molecule is COc1ccc(N(CC(=O)Nc2ccc(F)c(F)c2F)C(C)=O)cc1OC. The van der Waals surface area contributed by atoms with E-state index in [0.717, 1.165) is 11.0 Å². The Kier molecular flexibility index (Phi) is 6.27. The van der Waals surface area contributed by atoms with Crippen LogP contribution in [0.4, 0.5) is 24.5 Å². The molecule has 0 heterocycles. The Morgan fingerprint density at radius 3 is 2.26 bits per heavy atom. The molecular weight excluding hydrogens is 365 g/mol. The maximum absolute atomic E-state index is 13.7. The van der Waals surface area contributed by atoms with Crippen molar-refractivity contribution >= 4 is 23.2 Å². The highest BCUT2D eigenvalue weighted by Crippen LogP contribution is 2.31. The van der Waals surface area contributed by atoms with Gasteiger partial charge >= 0.3 is 0 Å². The third kappa shape index (κ3) is 4.49. The average molecular weight is 382 g/mol. The van der Waals surface area contributed by atoms with Crippen LogP contribution in [0.25, 0.3) is 0 Å². The topological polar surface area (TPSA) is 67.9 Å². The fourth-order valence-electron chi connectivity index (χ4n) is 2.33. The van der Waals surface area contributed by atoms with Crippen molar-refractivity contribution in [1.29, 1.82) is 0 Å². The standard InChI is InChI=1S/C18H17F3N2O4/c1-10(24)23(11-4-7-14(26-2)15(8-11)27-3)9-16(25)22-13-6-5-12(19)17(20)18(13)21/h4-8H,9H2,1-3H3,(H,22,25). The zero-order valence-electron chi connectivity index (χ0n) is 14.8. The number of methoxy groups -OCH3 is 2. The van der Waals surface area contributed by atoms with Gasteiger partial charge in [-0.2, -0.15) is 0 Å². The van der Waals surface area contributed by atoms with E-state index in [1.807, 2.05) is 0 Å². The van der Waals surface area contributed by atoms with Crippen molar-refractivity contribution in [3.63, 3.8) is 0 Å². The number of benzene rings is 2. The number of anilines is 2. The van der Waals surface area contributed by atoms with Crippen molar-refractivity contribution in [3.05, 3.63) is 47.8 Å². The van der Waals surface area contributed by atoms with E-state index < -0.39 is 41.5 Å². The third-order valence-corrected chi connectivity index (χ3v) is 3.67. The highest BCUT2D eigenvalue weighted by Gasteiger charge is 2.20. The number of hydrogen-bond acceptors (Lipinski definition) is 4. The fraction of sp³-hybridized carbons (Fsp3) is 0.222. The molecule has 27 heavy (non-hydrogen) atoms. The summed E-state index contributed by atoms with van der Waals surface area (Å²) in [5.41, 5.74) is -0.198. The number of halogens is 3. The quantitative estimate of drug-likeness (QED) is 0.780. The minimum Gasteiger partial charge on any atom is -0.493 e. The minimum atomic E-state index is -1.70. The van der Waals surface area contributed by atoms with Gasteiger partial charge in [0.15, 0.2) is 29.0 Å². The number of carbonyl (C=O) groups excluding carboxylic acids is 2. The fourth-order valence-corrected chi connectivity index (χ4v) is 2.33. The normalized spacial score (nSPS) is 10.3. The summed E-state index contributed by atoms with van der Waals surface area (Å²) in [6, 6.07) is 6.15. The minimum absolute atomic E-state index is 0.334. The summed E-state index contributed by atoms with van der Waals surface area (Å²) in [7, 11) is 2.86. The molecule has 2 aromatic rings. The molecule has 0 unspecified atom stereocenters. The number of hydrogen-bond donors (Lipinski definition) is 1. The van der Waals surface area contributed by atoms with E-state index in [4.69, 9.17) is 9.47 Å². The molecule has 9 heteroatoms. The number of nitrogens with zero attached hydrogens (tertiary/aromatic N) is 1. The zero-order valence-corrected chi connectivity index (χ0v) is 14.8. The Labute approximate surface area is 153 Å². The lowest BCUT2D eigenvalue weighted by Crippen LogP contribution is -2.36. The Morgan fingerprint density at radius 2 is 1.67 bits per heavy atom. The van der Waals surface area contributed by atoms with Crippen LogP contribution in [0.2, 0.25) is 0 Å². The van der Waals surface area contributed by atoms with Crippen molar-refractivity contribution in [1.82, 2.24) is 0 Å². The molecule has 2 rings (SSSR count). The molecule has 0 aromatic heterocycles. The molecular formula is C18H17F3N2O4. The maximum atomic E-state index is 13.7. The van der Waals surface area contributed by atoms with E-state index in [0.29, 0.717) is 23.3 Å². The second-order valence-electron chi connectivity index (χ2n) is 5.42. The highest BCUT2D eigenvalue weighted by atomic mass is 19.2. The van der Waals surface area contributed by atoms with Crippen molar-refractivity contribution in [2.45, 2.75) is 6.92 Å². The molecule has 0 bridgehead atoms. The van der Waals surface area contributed by atoms with E-state index in [1.165, 1.54) is 33.3 Å². The first-order valence-corrected chi connectivity index (χ1v) is 7.72. The van der Waals surface area contributed by atoms with Gasteiger partial charge in [-0.25, -0.2) is 13.2 Å². The summed E-state index contributed by atoms with van der Waals surface area (Å²) in [6.07, 6.45) is 0. The molecule has 2 amide bonds. The second-order valence-corrected chi connectivity index (χ2v) is 5.42. The summed E-state index contributed by atoms with van der Waals surface area (Å²) in [4.78, 5) is 25.2. The highest BCUT2D eigenvalue weighted by molar-refractivity contribution is 6.02. The molecule has 0 aliphatic rings. The number of nitrogens with one attached hydrogen (secondary N) is 1. The number of carbonyl (C=O) groups is 2. The van der Waals surface area contributed by atoms with Crippen LogP contribution in [0.15, 0.2) is 30.3 Å². The first kappa shape index (κ1) is 20.1. The molecule has 6 nitrogen and oxygen atoms in total. The number of ether oxygens (including phenoxy) is 2. The van der Waals surface area contributed by atoms with E-state index in [1.54, 1.807) is 6.07 Å². The van der Waals surface area contributed by atoms with Crippen LogP contribution in [-0.4, -0.2) is 32.6 Å². The van der Waals surface area contributed by atoms with Gasteiger partial charge < -0.3 is 19.7 Å². The lowest BCUT2D eigenvalue weighted by atomic mass is 10.2. The molecule has 1 N–H and O–H groups in total. The molecule has 0 fully saturated rings. The largest absolute Gasteiger partial charge is 0.493 e. The van der Waals surface area contributed by atoms with Crippen LogP contribution in [0.3, 0.4) is 0 Å². The van der Waals surface area contributed by atoms with Gasteiger partial charge in [-0.3, -0.25) is 9.59 Å². The van der Waals surface area contributed by atoms with Crippen molar-refractivity contribution in [2.75, 3.05) is 31.0 Å². The molecule has 0 radical (unpaired) electrons. The molecule has 0 spiro atoms. The lowest BCUT2D eigenvalue weighted by Gasteiger charge is -2.22. The van der Waals surface area contributed by atoms with Gasteiger partial charge in [-0.1, -0.05) is 0 Å². The van der Waals surface area contributed by atoms with Gasteiger partial charge in [0.1, 0.15) is 6.54 Å². The first-order valence-electron chi connectivity index (χ1n) is 7.72. The molecule has 144 valence electrons. The van der Waals surface area contributed by atoms with Gasteiger partial charge in [-0.05, 0) is 24.3 Å². The summed E-state index contributed by atoms with van der Waals surface area (Å²) in [6.45, 7) is 0.755. The van der Waals surface area contributed by atoms with E-state index in [2.05, 4.69) is 5.32 Å². The van der Waals surface area contributed by atoms with Crippen LogP contribution in [0, 0.1) is 17.5 Å². The Morgan fingerprint density at radius 1 is 1.00 bits per heavy atom. The summed E-state index contributed by atoms with van der Waals surface area (Å²) in [5, 5.41) is 2.11. The zero-order chi connectivity index (χ0) is 20.1. The Bertz CT molecular complexity index is 874. The van der Waals surface area contributed by atoms with Gasteiger partial charge in [0.05, 0.1) is 19.9 Å². The van der Waals surface area contributed by atoms with Gasteiger partial charge in [0.25, 0.3) is 0 Å². The summed E-state index contributed by atoms with van der Waals surface area (Å²) >= 11 is 0. The van der Waals surface area contributed by atoms with E-state index in [9.17, 15) is 22.8 Å². The van der Waals surface area contributed by atoms with Crippen LogP contribution in [0.5, 0.6) is 11.5 Å². The first-order chi connectivity index (χ1) is 12.8. The predicted molar refractivity (Wildman–Crippen MR) is 92.5 cm³/mol. The third-order valence-electron chi connectivity index (χ3n) is 3.67. The smallest absolute Gasteiger partial charge is 0.244 e. The molecule has 0 saturated heterocycles. The van der Waals surface area contributed by atoms with Crippen molar-refractivity contribution < 1.29 is 32.2 Å². The van der Waals surface area contributed by atoms with Crippen molar-refractivity contribution in [2.24, 2.45) is 0 Å². The number of amides is 2. The molecule has 0 saturated carbocycles. The van der Waals surface area contributed by atoms with Gasteiger partial charge in [0, 0.05) is 18.7 Å². The monoisotopic (exact) mass is 382 g/mol. The van der Waals surface area contributed by atoms with Crippen LogP contribution in [-0.2, 0) is 9.59 Å². The van der Waals surface area contributed by atoms with Crippen LogP contribution < -0.4 is 19.7 Å². The van der Waals surface area contributed by atoms with E-state index in [-0.39, 0.29) is 0 Å². The summed E-state index contributed by atoms with van der Waals surface area (Å²) < 4.78 is 50.2. The molecule has 2 aromatic carbocycles. The predicted octanol–water partition coefficient (Wildman–Crippen LogP) is 3.11. The summed E-state index contributed by atoms with van der Waals surface area (Å²) in [5.74, 6) is -5.10. The Hall–Kier alpha value is -3.23. The molecule has 0 aliphatic heterocycles. The number of rotatable bonds is 6. The second kappa shape index (κ2) is 8.43. The molecule has 0 atom stereocenters. The lowest BCUT2D eigenvalue weighted by molar-refractivity contribution is -0.120. The van der Waals surface area contributed by atoms with Crippen LogP contribution in [0.1, 0.15) is 6.92 Å². The maximum Gasteiger partial charge on any atom is 0.244 e. The van der Waals surface area contributed by atoms with Crippen molar-refractivity contribution in [3.8, 4) is 11.5 Å². The molecule has 0 aliphatic carbocycles. The van der Waals surface area contributed by atoms with Gasteiger partial charge in [0.2, 0.25) is 11.8 Å². The van der Waals surface area contributed by atoms with Gasteiger partial charge in [-0.15, -0.1) is 0 Å². The average Bonchev–Trinajstić information content (AvgIpc) is 2.65. The Balaban J connectivity index is 2.23.